The molecular weight excluding hydrogens is 320 g/mol. The van der Waals surface area contributed by atoms with Gasteiger partial charge in [0.15, 0.2) is 0 Å². The maximum Gasteiger partial charge on any atom is 0.221 e. The number of amides is 1. The van der Waals surface area contributed by atoms with Crippen LogP contribution in [0.2, 0.25) is 0 Å². The molecule has 5 heteroatoms. The minimum Gasteiger partial charge on any atom is -0.363 e. The number of carbonyl (C=O) groups excluding carboxylic acids is 1. The van der Waals surface area contributed by atoms with Crippen LogP contribution in [0.15, 0.2) is 12.1 Å². The van der Waals surface area contributed by atoms with Crippen molar-refractivity contribution in [2.75, 3.05) is 11.4 Å². The Hall–Kier alpha value is -0.736. The molecule has 122 valence electrons. The standard InChI is InChI=1S/C17H24F2NO.Ti/c1-5-7-11-20(16(21)17(3,4)10-6-2)15-9-8-13(18)12-14(15)19;/h8-9H,5-7,10-11H2,1-4H3;/q-1;. The van der Waals surface area contributed by atoms with Gasteiger partial charge in [-0.25, -0.2) is 8.78 Å². The van der Waals surface area contributed by atoms with Gasteiger partial charge in [0.2, 0.25) is 5.91 Å². The summed E-state index contributed by atoms with van der Waals surface area (Å²) in [5.41, 5.74) is -0.456. The molecule has 1 amide bonds. The monoisotopic (exact) mass is 344 g/mol. The molecule has 0 spiro atoms. The van der Waals surface area contributed by atoms with Crippen molar-refractivity contribution in [1.82, 2.24) is 0 Å². The molecule has 0 aromatic heterocycles. The van der Waals surface area contributed by atoms with E-state index < -0.39 is 17.0 Å². The zero-order chi connectivity index (χ0) is 16.0. The Morgan fingerprint density at radius 3 is 2.36 bits per heavy atom. The number of carbonyl (C=O) groups is 1. The van der Waals surface area contributed by atoms with Gasteiger partial charge in [0.1, 0.15) is 0 Å². The van der Waals surface area contributed by atoms with E-state index in [1.807, 2.05) is 33.8 Å². The first-order valence-electron chi connectivity index (χ1n) is 7.52. The third-order valence-corrected chi connectivity index (χ3v) is 3.57. The fourth-order valence-corrected chi connectivity index (χ4v) is 2.39. The van der Waals surface area contributed by atoms with E-state index in [-0.39, 0.29) is 33.3 Å². The minimum absolute atomic E-state index is 0. The van der Waals surface area contributed by atoms with Crippen LogP contribution in [-0.4, -0.2) is 12.5 Å². The van der Waals surface area contributed by atoms with Crippen LogP contribution < -0.4 is 4.90 Å². The van der Waals surface area contributed by atoms with E-state index in [4.69, 9.17) is 0 Å². The van der Waals surface area contributed by atoms with E-state index in [1.165, 1.54) is 11.0 Å². The molecule has 2 nitrogen and oxygen atoms in total. The molecule has 1 aromatic carbocycles. The van der Waals surface area contributed by atoms with Crippen LogP contribution in [0.3, 0.4) is 0 Å². The van der Waals surface area contributed by atoms with Crippen molar-refractivity contribution in [2.45, 2.75) is 53.4 Å². The van der Waals surface area contributed by atoms with Gasteiger partial charge in [-0.05, 0) is 18.5 Å². The first-order valence-corrected chi connectivity index (χ1v) is 7.52. The van der Waals surface area contributed by atoms with E-state index >= 15 is 0 Å². The maximum absolute atomic E-state index is 14.0. The van der Waals surface area contributed by atoms with Crippen molar-refractivity contribution in [3.8, 4) is 0 Å². The number of halogens is 2. The number of rotatable bonds is 7. The van der Waals surface area contributed by atoms with Crippen LogP contribution >= 0.6 is 0 Å². The van der Waals surface area contributed by atoms with Gasteiger partial charge in [0, 0.05) is 45.3 Å². The van der Waals surface area contributed by atoms with Gasteiger partial charge in [-0.3, -0.25) is 4.79 Å². The van der Waals surface area contributed by atoms with Crippen LogP contribution in [0, 0.1) is 23.1 Å². The SMILES string of the molecule is CCCCN(C(=O)C(C)(C)CCC)c1ccc(F)[c-]c1F.[Ti]. The summed E-state index contributed by atoms with van der Waals surface area (Å²) in [6.45, 7) is 8.18. The molecule has 0 radical (unpaired) electrons. The van der Waals surface area contributed by atoms with Gasteiger partial charge in [-0.2, -0.15) is 0 Å². The molecule has 0 fully saturated rings. The van der Waals surface area contributed by atoms with Crippen molar-refractivity contribution >= 4 is 11.6 Å². The zero-order valence-electron chi connectivity index (χ0n) is 13.8. The fourth-order valence-electron chi connectivity index (χ4n) is 2.39. The van der Waals surface area contributed by atoms with Crippen molar-refractivity contribution in [2.24, 2.45) is 5.41 Å². The molecule has 0 aliphatic carbocycles. The number of unbranched alkanes of at least 4 members (excludes halogenated alkanes) is 1. The third kappa shape index (κ3) is 5.47. The summed E-state index contributed by atoms with van der Waals surface area (Å²) in [5, 5.41) is 0. The summed E-state index contributed by atoms with van der Waals surface area (Å²) in [5.74, 6) is -1.70. The first-order chi connectivity index (χ1) is 9.83. The van der Waals surface area contributed by atoms with E-state index in [2.05, 4.69) is 0 Å². The summed E-state index contributed by atoms with van der Waals surface area (Å²) in [7, 11) is 0. The van der Waals surface area contributed by atoms with Crippen LogP contribution in [-0.2, 0) is 26.5 Å². The van der Waals surface area contributed by atoms with Crippen molar-refractivity contribution in [1.29, 1.82) is 0 Å². The second-order valence-corrected chi connectivity index (χ2v) is 5.95. The molecule has 0 unspecified atom stereocenters. The van der Waals surface area contributed by atoms with Gasteiger partial charge < -0.3 is 4.90 Å². The van der Waals surface area contributed by atoms with Crippen LogP contribution in [0.25, 0.3) is 0 Å². The Kier molecular flexibility index (Phi) is 9.10. The van der Waals surface area contributed by atoms with Crippen molar-refractivity contribution < 1.29 is 35.3 Å². The van der Waals surface area contributed by atoms with Gasteiger partial charge in [-0.15, -0.1) is 18.2 Å². The van der Waals surface area contributed by atoms with Crippen molar-refractivity contribution in [3.05, 3.63) is 29.8 Å². The Balaban J connectivity index is 0.00000441. The summed E-state index contributed by atoms with van der Waals surface area (Å²) in [6, 6.07) is 4.46. The molecule has 22 heavy (non-hydrogen) atoms. The fraction of sp³-hybridized carbons (Fsp3) is 0.588. The smallest absolute Gasteiger partial charge is 0.221 e. The minimum atomic E-state index is -0.813. The Labute approximate surface area is 147 Å². The molecule has 0 aliphatic rings. The Morgan fingerprint density at radius 1 is 1.23 bits per heavy atom. The van der Waals surface area contributed by atoms with Gasteiger partial charge in [0.25, 0.3) is 0 Å². The summed E-state index contributed by atoms with van der Waals surface area (Å²) < 4.78 is 27.0. The molecule has 0 saturated heterocycles. The molecule has 0 atom stereocenters. The van der Waals surface area contributed by atoms with Gasteiger partial charge >= 0.3 is 0 Å². The van der Waals surface area contributed by atoms with Gasteiger partial charge in [0.05, 0.1) is 0 Å². The van der Waals surface area contributed by atoms with Crippen molar-refractivity contribution in [3.63, 3.8) is 0 Å². The number of hydrogen-bond donors (Lipinski definition) is 0. The van der Waals surface area contributed by atoms with Crippen LogP contribution in [0.4, 0.5) is 14.5 Å². The largest absolute Gasteiger partial charge is 0.363 e. The summed E-state index contributed by atoms with van der Waals surface area (Å²) in [4.78, 5) is 14.2. The normalized spacial score (nSPS) is 11.0. The first kappa shape index (κ1) is 21.3. The maximum atomic E-state index is 14.0. The third-order valence-electron chi connectivity index (χ3n) is 3.57. The molecule has 0 aliphatic heterocycles. The van der Waals surface area contributed by atoms with E-state index in [0.717, 1.165) is 31.7 Å². The quantitative estimate of drug-likeness (QED) is 0.518. The van der Waals surface area contributed by atoms with Gasteiger partial charge in [-0.1, -0.05) is 40.5 Å². The average molecular weight is 344 g/mol. The topological polar surface area (TPSA) is 20.3 Å². The second kappa shape index (κ2) is 9.41. The van der Waals surface area contributed by atoms with Crippen LogP contribution in [0.1, 0.15) is 53.4 Å². The Bertz CT molecular complexity index is 492. The van der Waals surface area contributed by atoms with Crippen LogP contribution in [0.5, 0.6) is 0 Å². The number of benzene rings is 1. The molecule has 0 bridgehead atoms. The molecule has 1 rings (SSSR count). The average Bonchev–Trinajstić information content (AvgIpc) is 2.40. The predicted octanol–water partition coefficient (Wildman–Crippen LogP) is 4.72. The molecule has 0 N–H and O–H groups in total. The molecular formula is C17H24F2NOTi-. The summed E-state index contributed by atoms with van der Waals surface area (Å²) >= 11 is 0. The number of nitrogens with zero attached hydrogens (tertiary/aromatic N) is 1. The Morgan fingerprint density at radius 2 is 1.86 bits per heavy atom. The number of anilines is 1. The zero-order valence-corrected chi connectivity index (χ0v) is 15.4. The summed E-state index contributed by atoms with van der Waals surface area (Å²) in [6.07, 6.45) is 3.26. The molecule has 0 heterocycles. The predicted molar refractivity (Wildman–Crippen MR) is 81.1 cm³/mol. The van der Waals surface area contributed by atoms with E-state index in [0.29, 0.717) is 6.54 Å². The number of hydrogen-bond acceptors (Lipinski definition) is 1. The van der Waals surface area contributed by atoms with E-state index in [1.54, 1.807) is 0 Å². The molecule has 1 aromatic rings. The van der Waals surface area contributed by atoms with E-state index in [9.17, 15) is 13.6 Å². The molecule has 0 saturated carbocycles. The second-order valence-electron chi connectivity index (χ2n) is 5.95.